The maximum Gasteiger partial charge on any atom is 0.359 e. The van der Waals surface area contributed by atoms with Gasteiger partial charge in [0.1, 0.15) is 10.6 Å². The van der Waals surface area contributed by atoms with Crippen LogP contribution in [0.3, 0.4) is 0 Å². The number of aromatic amines is 1. The Morgan fingerprint density at radius 3 is 2.61 bits per heavy atom. The number of esters is 1. The number of sulfonamides is 1. The number of benzene rings is 2. The molecule has 0 aliphatic carbocycles. The summed E-state index contributed by atoms with van der Waals surface area (Å²) in [4.78, 5) is 21.6. The van der Waals surface area contributed by atoms with Crippen molar-refractivity contribution in [2.75, 3.05) is 18.9 Å². The molecule has 2 N–H and O–H groups in total. The number of methoxy groups -OCH3 is 2. The maximum absolute atomic E-state index is 12.8. The fraction of sp³-hybridized carbons (Fsp3) is 0.125. The Hall–Kier alpha value is -3.67. The predicted octanol–water partition coefficient (Wildman–Crippen LogP) is 2.07. The Labute approximate surface area is 158 Å². The Kier molecular flexibility index (Phi) is 4.88. The lowest BCUT2D eigenvalue weighted by atomic mass is 10.2. The monoisotopic (exact) mass is 406 g/mol. The van der Waals surface area contributed by atoms with Gasteiger partial charge in [0, 0.05) is 23.2 Å². The zero-order valence-electron chi connectivity index (χ0n) is 14.6. The Bertz CT molecular complexity index is 1190. The molecular weight excluding hydrogens is 392 g/mol. The van der Waals surface area contributed by atoms with Gasteiger partial charge in [-0.25, -0.2) is 13.2 Å². The molecule has 146 valence electrons. The van der Waals surface area contributed by atoms with Crippen LogP contribution in [0.15, 0.2) is 41.3 Å². The van der Waals surface area contributed by atoms with Crippen molar-refractivity contribution in [2.45, 2.75) is 4.90 Å². The fourth-order valence-corrected chi connectivity index (χ4v) is 3.77. The minimum Gasteiger partial charge on any atom is -0.495 e. The molecule has 0 radical (unpaired) electrons. The molecule has 0 atom stereocenters. The van der Waals surface area contributed by atoms with Crippen LogP contribution in [0.2, 0.25) is 0 Å². The molecule has 0 saturated heterocycles. The minimum absolute atomic E-state index is 0.00789. The second kappa shape index (κ2) is 7.15. The van der Waals surface area contributed by atoms with E-state index in [1.54, 1.807) is 0 Å². The molecule has 0 bridgehead atoms. The lowest BCUT2D eigenvalue weighted by Gasteiger charge is -2.11. The van der Waals surface area contributed by atoms with Crippen molar-refractivity contribution in [2.24, 2.45) is 0 Å². The number of nitro benzene ring substituents is 1. The molecule has 1 aromatic heterocycles. The van der Waals surface area contributed by atoms with E-state index < -0.39 is 31.5 Å². The standard InChI is InChI=1S/C16H14N4O7S/c1-26-13-6-4-10(20(22)23)8-14(13)28(24,25)19-9-3-5-12-11(7-9)15(18-17-12)16(21)27-2/h3-8,19H,1-2H3,(H,17,18). The van der Waals surface area contributed by atoms with E-state index in [-0.39, 0.29) is 17.1 Å². The van der Waals surface area contributed by atoms with Gasteiger partial charge in [0.2, 0.25) is 0 Å². The molecule has 0 aliphatic heterocycles. The SMILES string of the molecule is COC(=O)c1n[nH]c2ccc(NS(=O)(=O)c3cc([N+](=O)[O-])ccc3OC)cc12. The number of rotatable bonds is 6. The number of anilines is 1. The van der Waals surface area contributed by atoms with E-state index in [4.69, 9.17) is 4.74 Å². The van der Waals surface area contributed by atoms with E-state index in [0.717, 1.165) is 12.1 Å². The first-order valence-corrected chi connectivity index (χ1v) is 9.17. The van der Waals surface area contributed by atoms with E-state index in [1.165, 1.54) is 38.5 Å². The van der Waals surface area contributed by atoms with Crippen molar-refractivity contribution in [3.63, 3.8) is 0 Å². The van der Waals surface area contributed by atoms with Gasteiger partial charge in [0.15, 0.2) is 5.69 Å². The van der Waals surface area contributed by atoms with Crippen LogP contribution >= 0.6 is 0 Å². The van der Waals surface area contributed by atoms with Gasteiger partial charge in [-0.15, -0.1) is 0 Å². The highest BCUT2D eigenvalue weighted by Gasteiger charge is 2.24. The molecule has 12 heteroatoms. The van der Waals surface area contributed by atoms with Gasteiger partial charge >= 0.3 is 5.97 Å². The Balaban J connectivity index is 2.04. The van der Waals surface area contributed by atoms with Crippen LogP contribution in [0.1, 0.15) is 10.5 Å². The van der Waals surface area contributed by atoms with Gasteiger partial charge in [-0.05, 0) is 24.3 Å². The predicted molar refractivity (Wildman–Crippen MR) is 97.9 cm³/mol. The molecule has 11 nitrogen and oxygen atoms in total. The van der Waals surface area contributed by atoms with Gasteiger partial charge in [0.25, 0.3) is 15.7 Å². The molecule has 0 unspecified atom stereocenters. The summed E-state index contributed by atoms with van der Waals surface area (Å²) in [6.45, 7) is 0. The van der Waals surface area contributed by atoms with Crippen LogP contribution in [0.5, 0.6) is 5.75 Å². The van der Waals surface area contributed by atoms with Crippen LogP contribution in [-0.2, 0) is 14.8 Å². The lowest BCUT2D eigenvalue weighted by Crippen LogP contribution is -2.14. The molecular formula is C16H14N4O7S. The summed E-state index contributed by atoms with van der Waals surface area (Å²) in [6, 6.07) is 7.60. The fourth-order valence-electron chi connectivity index (χ4n) is 2.53. The van der Waals surface area contributed by atoms with Gasteiger partial charge in [-0.2, -0.15) is 5.10 Å². The van der Waals surface area contributed by atoms with Crippen LogP contribution in [-0.4, -0.2) is 43.7 Å². The zero-order valence-corrected chi connectivity index (χ0v) is 15.4. The van der Waals surface area contributed by atoms with Crippen LogP contribution in [0.25, 0.3) is 10.9 Å². The molecule has 3 aromatic rings. The number of non-ortho nitro benzene ring substituents is 1. The molecule has 0 aliphatic rings. The van der Waals surface area contributed by atoms with Crippen molar-refractivity contribution in [1.29, 1.82) is 0 Å². The topological polar surface area (TPSA) is 154 Å². The summed E-state index contributed by atoms with van der Waals surface area (Å²) >= 11 is 0. The quantitative estimate of drug-likeness (QED) is 0.358. The summed E-state index contributed by atoms with van der Waals surface area (Å²) in [5.41, 5.74) is 0.204. The van der Waals surface area contributed by atoms with Crippen LogP contribution in [0.4, 0.5) is 11.4 Å². The summed E-state index contributed by atoms with van der Waals surface area (Å²) in [5.74, 6) is -0.746. The van der Waals surface area contributed by atoms with Gasteiger partial charge < -0.3 is 9.47 Å². The normalized spacial score (nSPS) is 11.2. The highest BCUT2D eigenvalue weighted by molar-refractivity contribution is 7.92. The maximum atomic E-state index is 12.8. The van der Waals surface area contributed by atoms with Crippen molar-refractivity contribution >= 4 is 38.3 Å². The molecule has 0 spiro atoms. The number of hydrogen-bond acceptors (Lipinski definition) is 8. The third kappa shape index (κ3) is 3.44. The van der Waals surface area contributed by atoms with Crippen LogP contribution < -0.4 is 9.46 Å². The van der Waals surface area contributed by atoms with E-state index in [2.05, 4.69) is 19.7 Å². The average Bonchev–Trinajstić information content (AvgIpc) is 3.09. The first kappa shape index (κ1) is 19.1. The summed E-state index contributed by atoms with van der Waals surface area (Å²) in [7, 11) is -1.78. The Morgan fingerprint density at radius 2 is 1.96 bits per heavy atom. The molecule has 28 heavy (non-hydrogen) atoms. The molecule has 0 saturated carbocycles. The summed E-state index contributed by atoms with van der Waals surface area (Å²) in [6.07, 6.45) is 0. The molecule has 3 rings (SSSR count). The number of nitro groups is 1. The number of nitrogens with one attached hydrogen (secondary N) is 2. The Morgan fingerprint density at radius 1 is 1.21 bits per heavy atom. The van der Waals surface area contributed by atoms with Crippen molar-refractivity contribution < 1.29 is 27.6 Å². The van der Waals surface area contributed by atoms with Gasteiger partial charge in [-0.1, -0.05) is 0 Å². The molecule has 2 aromatic carbocycles. The summed E-state index contributed by atoms with van der Waals surface area (Å²) in [5, 5.41) is 17.8. The zero-order chi connectivity index (χ0) is 20.5. The largest absolute Gasteiger partial charge is 0.495 e. The average molecular weight is 406 g/mol. The first-order valence-electron chi connectivity index (χ1n) is 7.68. The number of fused-ring (bicyclic) bond motifs is 1. The smallest absolute Gasteiger partial charge is 0.359 e. The molecule has 0 fully saturated rings. The second-order valence-corrected chi connectivity index (χ2v) is 7.17. The minimum atomic E-state index is -4.23. The second-order valence-electron chi connectivity index (χ2n) is 5.52. The van der Waals surface area contributed by atoms with E-state index >= 15 is 0 Å². The van der Waals surface area contributed by atoms with Gasteiger partial charge in [-0.3, -0.25) is 19.9 Å². The summed E-state index contributed by atoms with van der Waals surface area (Å²) < 4.78 is 37.5. The van der Waals surface area contributed by atoms with Crippen molar-refractivity contribution in [3.05, 3.63) is 52.2 Å². The number of nitrogens with zero attached hydrogens (tertiary/aromatic N) is 2. The number of ether oxygens (including phenoxy) is 2. The first-order chi connectivity index (χ1) is 13.3. The highest BCUT2D eigenvalue weighted by atomic mass is 32.2. The lowest BCUT2D eigenvalue weighted by molar-refractivity contribution is -0.385. The van der Waals surface area contributed by atoms with Crippen molar-refractivity contribution in [1.82, 2.24) is 10.2 Å². The number of carbonyl (C=O) groups excluding carboxylic acids is 1. The number of H-pyrrole nitrogens is 1. The van der Waals surface area contributed by atoms with E-state index in [9.17, 15) is 23.3 Å². The van der Waals surface area contributed by atoms with E-state index in [1.807, 2.05) is 0 Å². The number of aromatic nitrogens is 2. The third-order valence-corrected chi connectivity index (χ3v) is 5.24. The highest BCUT2D eigenvalue weighted by Crippen LogP contribution is 2.30. The molecule has 0 amide bonds. The molecule has 1 heterocycles. The van der Waals surface area contributed by atoms with E-state index in [0.29, 0.717) is 10.9 Å². The number of hydrogen-bond donors (Lipinski definition) is 2. The van der Waals surface area contributed by atoms with Gasteiger partial charge in [0.05, 0.1) is 24.7 Å². The van der Waals surface area contributed by atoms with Crippen LogP contribution in [0, 0.1) is 10.1 Å². The third-order valence-electron chi connectivity index (χ3n) is 3.84. The number of carbonyl (C=O) groups is 1. The van der Waals surface area contributed by atoms with Crippen molar-refractivity contribution in [3.8, 4) is 5.75 Å².